The largest absolute Gasteiger partial charge is 0.490 e. The maximum atomic E-state index is 13.3. The topological polar surface area (TPSA) is 89.9 Å². The van der Waals surface area contributed by atoms with Crippen molar-refractivity contribution in [2.45, 2.75) is 11.8 Å². The first kappa shape index (κ1) is 23.7. The van der Waals surface area contributed by atoms with Gasteiger partial charge >= 0.3 is 12.1 Å². The average molecular weight is 450 g/mol. The molecule has 1 saturated heterocycles. The van der Waals surface area contributed by atoms with E-state index in [1.165, 1.54) is 0 Å². The molecule has 1 unspecified atom stereocenters. The van der Waals surface area contributed by atoms with Crippen LogP contribution >= 0.6 is 0 Å². The third kappa shape index (κ3) is 4.94. The summed E-state index contributed by atoms with van der Waals surface area (Å²) in [5, 5.41) is 22.0. The lowest BCUT2D eigenvalue weighted by molar-refractivity contribution is -0.192. The zero-order valence-electron chi connectivity index (χ0n) is 17.4. The molecule has 3 atom stereocenters. The summed E-state index contributed by atoms with van der Waals surface area (Å²) in [6.45, 7) is 2.82. The van der Waals surface area contributed by atoms with Crippen LogP contribution in [0.15, 0.2) is 60.7 Å². The quantitative estimate of drug-likeness (QED) is 0.651. The monoisotopic (exact) mass is 450 g/mol. The molecule has 1 saturated carbocycles. The van der Waals surface area contributed by atoms with Crippen LogP contribution in [0.4, 0.5) is 13.2 Å². The molecule has 0 spiro atoms. The van der Waals surface area contributed by atoms with Crippen LogP contribution in [0, 0.1) is 17.8 Å². The van der Waals surface area contributed by atoms with Crippen molar-refractivity contribution in [3.8, 4) is 0 Å². The van der Waals surface area contributed by atoms with Gasteiger partial charge in [0, 0.05) is 13.6 Å². The summed E-state index contributed by atoms with van der Waals surface area (Å²) in [7, 11) is 1.81. The number of aliphatic carboxylic acids is 1. The molecule has 1 aliphatic carbocycles. The number of halogens is 3. The van der Waals surface area contributed by atoms with Gasteiger partial charge in [-0.2, -0.15) is 13.2 Å². The van der Waals surface area contributed by atoms with E-state index >= 15 is 0 Å². The number of hydrogen-bond acceptors (Lipinski definition) is 4. The van der Waals surface area contributed by atoms with Crippen molar-refractivity contribution in [2.24, 2.45) is 17.8 Å². The molecule has 2 aliphatic rings. The van der Waals surface area contributed by atoms with Gasteiger partial charge in [0.2, 0.25) is 0 Å². The van der Waals surface area contributed by atoms with Crippen molar-refractivity contribution in [3.63, 3.8) is 0 Å². The molecule has 32 heavy (non-hydrogen) atoms. The highest BCUT2D eigenvalue weighted by molar-refractivity contribution is 5.90. The van der Waals surface area contributed by atoms with Crippen LogP contribution in [0.2, 0.25) is 0 Å². The van der Waals surface area contributed by atoms with Gasteiger partial charge in [0.25, 0.3) is 5.91 Å². The summed E-state index contributed by atoms with van der Waals surface area (Å²) in [6, 6.07) is 18.5. The molecule has 0 bridgehead atoms. The molecule has 2 fully saturated rings. The molecule has 1 amide bonds. The number of carboxylic acid groups (broad SMARTS) is 1. The molecular formula is C23H25F3N2O4. The highest BCUT2D eigenvalue weighted by Crippen LogP contribution is 2.49. The number of fused-ring (bicyclic) bond motifs is 1. The zero-order chi connectivity index (χ0) is 23.5. The number of nitrogens with zero attached hydrogens (tertiary/aromatic N) is 1. The fourth-order valence-electron chi connectivity index (χ4n) is 4.27. The Bertz CT molecular complexity index is 888. The first-order chi connectivity index (χ1) is 15.1. The summed E-state index contributed by atoms with van der Waals surface area (Å²) in [4.78, 5) is 23.9. The standard InChI is InChI=1S/C21H24N2O2.C2HF3O2/c1-23(14-19-17-12-22-13-18(17)19)20(24)21(25,15-8-4-2-5-9-15)16-10-6-3-7-11-16;3-2(4,5)1(6)7/h2-11,17-19,22,25H,12-14H2,1H3;(H,6,7)/t17-,18+,19?;. The molecule has 4 rings (SSSR count). The van der Waals surface area contributed by atoms with Crippen LogP contribution in [-0.4, -0.2) is 59.8 Å². The Kier molecular flexibility index (Phi) is 6.90. The van der Waals surface area contributed by atoms with Crippen LogP contribution < -0.4 is 5.32 Å². The van der Waals surface area contributed by atoms with E-state index < -0.39 is 17.7 Å². The minimum atomic E-state index is -5.08. The predicted octanol–water partition coefficient (Wildman–Crippen LogP) is 2.48. The molecule has 172 valence electrons. The molecule has 2 aromatic rings. The van der Waals surface area contributed by atoms with Crippen molar-refractivity contribution < 1.29 is 33.0 Å². The van der Waals surface area contributed by atoms with Crippen LogP contribution in [0.25, 0.3) is 0 Å². The van der Waals surface area contributed by atoms with Gasteiger partial charge in [0.15, 0.2) is 5.60 Å². The minimum absolute atomic E-state index is 0.261. The van der Waals surface area contributed by atoms with Gasteiger partial charge in [0.1, 0.15) is 0 Å². The number of likely N-dealkylation sites (N-methyl/N-ethyl adjacent to an activating group) is 1. The number of carbonyl (C=O) groups is 2. The molecule has 2 aromatic carbocycles. The second-order valence-electron chi connectivity index (χ2n) is 8.08. The number of amides is 1. The van der Waals surface area contributed by atoms with Crippen molar-refractivity contribution in [1.82, 2.24) is 10.2 Å². The van der Waals surface area contributed by atoms with E-state index in [9.17, 15) is 23.1 Å². The Hall–Kier alpha value is -2.91. The molecule has 6 nitrogen and oxygen atoms in total. The van der Waals surface area contributed by atoms with Crippen molar-refractivity contribution >= 4 is 11.9 Å². The number of nitrogens with one attached hydrogen (secondary N) is 1. The van der Waals surface area contributed by atoms with Gasteiger partial charge < -0.3 is 20.4 Å². The van der Waals surface area contributed by atoms with Crippen molar-refractivity contribution in [3.05, 3.63) is 71.8 Å². The van der Waals surface area contributed by atoms with Crippen molar-refractivity contribution in [1.29, 1.82) is 0 Å². The lowest BCUT2D eigenvalue weighted by Crippen LogP contribution is -2.47. The molecule has 3 N–H and O–H groups in total. The number of rotatable bonds is 5. The lowest BCUT2D eigenvalue weighted by Gasteiger charge is -2.32. The molecule has 1 aliphatic heterocycles. The van der Waals surface area contributed by atoms with Crippen LogP contribution in [-0.2, 0) is 15.2 Å². The number of aliphatic hydroxyl groups is 1. The summed E-state index contributed by atoms with van der Waals surface area (Å²) >= 11 is 0. The number of benzene rings is 2. The number of hydrogen-bond donors (Lipinski definition) is 3. The Morgan fingerprint density at radius 2 is 1.38 bits per heavy atom. The van der Waals surface area contributed by atoms with Gasteiger partial charge in [-0.25, -0.2) is 4.79 Å². The Balaban J connectivity index is 0.000000360. The fraction of sp³-hybridized carbons (Fsp3) is 0.391. The molecular weight excluding hydrogens is 425 g/mol. The fourth-order valence-corrected chi connectivity index (χ4v) is 4.27. The van der Waals surface area contributed by atoms with Crippen molar-refractivity contribution in [2.75, 3.05) is 26.7 Å². The number of piperidine rings is 1. The van der Waals surface area contributed by atoms with Crippen LogP contribution in [0.3, 0.4) is 0 Å². The summed E-state index contributed by atoms with van der Waals surface area (Å²) in [6.07, 6.45) is -5.08. The third-order valence-corrected chi connectivity index (χ3v) is 6.04. The van der Waals surface area contributed by atoms with Gasteiger partial charge in [-0.1, -0.05) is 60.7 Å². The summed E-state index contributed by atoms with van der Waals surface area (Å²) in [5.74, 6) is -1.07. The highest BCUT2D eigenvalue weighted by atomic mass is 19.4. The van der Waals surface area contributed by atoms with E-state index in [1.54, 1.807) is 11.9 Å². The number of carboxylic acids is 1. The van der Waals surface area contributed by atoms with E-state index in [0.29, 0.717) is 35.4 Å². The van der Waals surface area contributed by atoms with Gasteiger partial charge in [0.05, 0.1) is 0 Å². The van der Waals surface area contributed by atoms with Gasteiger partial charge in [-0.3, -0.25) is 4.79 Å². The van der Waals surface area contributed by atoms with E-state index in [-0.39, 0.29) is 5.91 Å². The van der Waals surface area contributed by atoms with E-state index in [0.717, 1.165) is 13.1 Å². The second-order valence-corrected chi connectivity index (χ2v) is 8.08. The Labute approximate surface area is 183 Å². The number of carbonyl (C=O) groups excluding carboxylic acids is 1. The summed E-state index contributed by atoms with van der Waals surface area (Å²) in [5.41, 5.74) is -0.439. The zero-order valence-corrected chi connectivity index (χ0v) is 17.4. The molecule has 1 heterocycles. The highest BCUT2D eigenvalue weighted by Gasteiger charge is 2.54. The maximum Gasteiger partial charge on any atom is 0.490 e. The molecule has 0 aromatic heterocycles. The normalized spacial score (nSPS) is 21.7. The third-order valence-electron chi connectivity index (χ3n) is 6.04. The smallest absolute Gasteiger partial charge is 0.475 e. The Morgan fingerprint density at radius 1 is 0.969 bits per heavy atom. The SMILES string of the molecule is CN(CC1[C@H]2CNC[C@@H]12)C(=O)C(O)(c1ccccc1)c1ccccc1.O=C(O)C(F)(F)F. The second kappa shape index (κ2) is 9.30. The van der Waals surface area contributed by atoms with Gasteiger partial charge in [-0.05, 0) is 42.0 Å². The van der Waals surface area contributed by atoms with Crippen LogP contribution in [0.1, 0.15) is 11.1 Å². The van der Waals surface area contributed by atoms with E-state index in [1.807, 2.05) is 60.7 Å². The first-order valence-electron chi connectivity index (χ1n) is 10.2. The molecule has 0 radical (unpaired) electrons. The summed E-state index contributed by atoms with van der Waals surface area (Å²) < 4.78 is 31.7. The maximum absolute atomic E-state index is 13.3. The lowest BCUT2D eigenvalue weighted by atomic mass is 9.85. The molecule has 9 heteroatoms. The first-order valence-corrected chi connectivity index (χ1v) is 10.2. The predicted molar refractivity (Wildman–Crippen MR) is 111 cm³/mol. The average Bonchev–Trinajstić information content (AvgIpc) is 3.19. The van der Waals surface area contributed by atoms with E-state index in [4.69, 9.17) is 9.90 Å². The number of alkyl halides is 3. The van der Waals surface area contributed by atoms with Gasteiger partial charge in [-0.15, -0.1) is 0 Å². The van der Waals surface area contributed by atoms with Crippen LogP contribution in [0.5, 0.6) is 0 Å². The van der Waals surface area contributed by atoms with E-state index in [2.05, 4.69) is 5.32 Å². The minimum Gasteiger partial charge on any atom is -0.475 e. The Morgan fingerprint density at radius 3 is 1.75 bits per heavy atom.